The second kappa shape index (κ2) is 6.58. The number of nitrogens with one attached hydrogen (secondary N) is 1. The second-order valence-corrected chi connectivity index (χ2v) is 5.52. The van der Waals surface area contributed by atoms with Crippen LogP contribution in [0.2, 0.25) is 0 Å². The lowest BCUT2D eigenvalue weighted by atomic mass is 10.1. The van der Waals surface area contributed by atoms with E-state index in [0.717, 1.165) is 0 Å². The van der Waals surface area contributed by atoms with Gasteiger partial charge in [-0.2, -0.15) is 0 Å². The minimum atomic E-state index is -0.128. The van der Waals surface area contributed by atoms with Crippen LogP contribution >= 0.6 is 0 Å². The molecular weight excluding hydrogens is 278 g/mol. The van der Waals surface area contributed by atoms with Gasteiger partial charge in [0, 0.05) is 30.5 Å². The Balaban J connectivity index is 1.61. The van der Waals surface area contributed by atoms with E-state index in [4.69, 9.17) is 10.5 Å². The summed E-state index contributed by atoms with van der Waals surface area (Å²) in [6.07, 6.45) is 5.66. The number of aromatic nitrogens is 1. The molecule has 1 aromatic carbocycles. The van der Waals surface area contributed by atoms with Crippen molar-refractivity contribution in [3.8, 4) is 11.5 Å². The minimum absolute atomic E-state index is 0.0557. The van der Waals surface area contributed by atoms with Crippen LogP contribution in [0.25, 0.3) is 0 Å². The van der Waals surface area contributed by atoms with E-state index in [2.05, 4.69) is 10.3 Å². The Morgan fingerprint density at radius 3 is 2.77 bits per heavy atom. The number of hydrogen-bond donors (Lipinski definition) is 2. The Bertz CT molecular complexity index is 641. The average molecular weight is 297 g/mol. The number of nitrogens with zero attached hydrogens (tertiary/aromatic N) is 1. The topological polar surface area (TPSA) is 77.2 Å². The molecule has 0 aliphatic heterocycles. The molecule has 1 fully saturated rings. The van der Waals surface area contributed by atoms with Gasteiger partial charge in [0.2, 0.25) is 0 Å². The van der Waals surface area contributed by atoms with Gasteiger partial charge in [0.1, 0.15) is 11.5 Å². The first-order valence-corrected chi connectivity index (χ1v) is 7.44. The summed E-state index contributed by atoms with van der Waals surface area (Å²) in [5.41, 5.74) is 6.56. The van der Waals surface area contributed by atoms with Crippen LogP contribution in [0.4, 0.5) is 0 Å². The molecule has 5 heteroatoms. The number of hydrogen-bond acceptors (Lipinski definition) is 4. The molecule has 1 heterocycles. The zero-order valence-corrected chi connectivity index (χ0v) is 12.2. The van der Waals surface area contributed by atoms with Crippen LogP contribution in [-0.4, -0.2) is 23.5 Å². The fraction of sp³-hybridized carbons (Fsp3) is 0.294. The van der Waals surface area contributed by atoms with Crippen molar-refractivity contribution >= 4 is 5.91 Å². The zero-order valence-electron chi connectivity index (χ0n) is 12.2. The molecule has 1 aromatic heterocycles. The lowest BCUT2D eigenvalue weighted by molar-refractivity contribution is 0.0950. The highest BCUT2D eigenvalue weighted by atomic mass is 16.5. The van der Waals surface area contributed by atoms with E-state index in [1.54, 1.807) is 42.7 Å². The van der Waals surface area contributed by atoms with Crippen LogP contribution in [0.15, 0.2) is 48.8 Å². The maximum Gasteiger partial charge on any atom is 0.251 e. The number of rotatable bonds is 6. The molecule has 2 aromatic rings. The van der Waals surface area contributed by atoms with Crippen molar-refractivity contribution in [3.05, 3.63) is 54.4 Å². The van der Waals surface area contributed by atoms with Gasteiger partial charge >= 0.3 is 0 Å². The molecule has 3 N–H and O–H groups in total. The molecule has 0 spiro atoms. The number of ether oxygens (including phenoxy) is 1. The predicted octanol–water partition coefficient (Wildman–Crippen LogP) is 2.34. The Morgan fingerprint density at radius 2 is 2.05 bits per heavy atom. The molecule has 1 aliphatic rings. The van der Waals surface area contributed by atoms with E-state index < -0.39 is 0 Å². The van der Waals surface area contributed by atoms with E-state index >= 15 is 0 Å². The van der Waals surface area contributed by atoms with E-state index in [9.17, 15) is 4.79 Å². The summed E-state index contributed by atoms with van der Waals surface area (Å²) in [4.78, 5) is 16.1. The summed E-state index contributed by atoms with van der Waals surface area (Å²) < 4.78 is 5.70. The molecule has 0 bridgehead atoms. The van der Waals surface area contributed by atoms with Gasteiger partial charge in [0.25, 0.3) is 5.91 Å². The van der Waals surface area contributed by atoms with Crippen LogP contribution in [0.3, 0.4) is 0 Å². The molecule has 114 valence electrons. The largest absolute Gasteiger partial charge is 0.457 e. The normalized spacial score (nSPS) is 15.1. The molecule has 3 rings (SSSR count). The highest BCUT2D eigenvalue weighted by Gasteiger charge is 2.28. The summed E-state index contributed by atoms with van der Waals surface area (Å²) in [6.45, 7) is 0.513. The van der Waals surface area contributed by atoms with Crippen molar-refractivity contribution in [1.29, 1.82) is 0 Å². The third-order valence-corrected chi connectivity index (χ3v) is 3.71. The Kier molecular flexibility index (Phi) is 4.34. The van der Waals surface area contributed by atoms with Crippen LogP contribution < -0.4 is 15.8 Å². The van der Waals surface area contributed by atoms with Gasteiger partial charge in [-0.3, -0.25) is 9.78 Å². The minimum Gasteiger partial charge on any atom is -0.457 e. The Labute approximate surface area is 129 Å². The van der Waals surface area contributed by atoms with Crippen LogP contribution in [0.5, 0.6) is 11.5 Å². The highest BCUT2D eigenvalue weighted by Crippen LogP contribution is 2.31. The molecule has 22 heavy (non-hydrogen) atoms. The summed E-state index contributed by atoms with van der Waals surface area (Å²) in [7, 11) is 0. The van der Waals surface area contributed by atoms with Gasteiger partial charge in [-0.25, -0.2) is 0 Å². The first-order valence-electron chi connectivity index (χ1n) is 7.44. The van der Waals surface area contributed by atoms with Crippen LogP contribution in [-0.2, 0) is 0 Å². The quantitative estimate of drug-likeness (QED) is 0.858. The molecule has 0 saturated heterocycles. The zero-order chi connectivity index (χ0) is 15.4. The fourth-order valence-corrected chi connectivity index (χ4v) is 2.25. The highest BCUT2D eigenvalue weighted by molar-refractivity contribution is 5.94. The first kappa shape index (κ1) is 14.5. The van der Waals surface area contributed by atoms with Crippen molar-refractivity contribution in [2.45, 2.75) is 18.9 Å². The Morgan fingerprint density at radius 1 is 1.27 bits per heavy atom. The SMILES string of the molecule is NC(CNC(=O)c1cccc(Oc2ccncc2)c1)C1CC1. The second-order valence-electron chi connectivity index (χ2n) is 5.52. The van der Waals surface area contributed by atoms with Gasteiger partial charge in [0.05, 0.1) is 0 Å². The van der Waals surface area contributed by atoms with Crippen molar-refractivity contribution in [2.75, 3.05) is 6.54 Å². The number of amides is 1. The first-order chi connectivity index (χ1) is 10.7. The van der Waals surface area contributed by atoms with Gasteiger partial charge in [-0.1, -0.05) is 6.07 Å². The van der Waals surface area contributed by atoms with E-state index in [0.29, 0.717) is 29.5 Å². The summed E-state index contributed by atoms with van der Waals surface area (Å²) in [5, 5.41) is 2.88. The lowest BCUT2D eigenvalue weighted by Gasteiger charge is -2.12. The van der Waals surface area contributed by atoms with Crippen molar-refractivity contribution < 1.29 is 9.53 Å². The summed E-state index contributed by atoms with van der Waals surface area (Å²) in [5.74, 6) is 1.74. The smallest absolute Gasteiger partial charge is 0.251 e. The standard InChI is InChI=1S/C17H19N3O2/c18-16(12-4-5-12)11-20-17(21)13-2-1-3-15(10-13)22-14-6-8-19-9-7-14/h1-3,6-10,12,16H,4-5,11,18H2,(H,20,21). The van der Waals surface area contributed by atoms with Crippen molar-refractivity contribution in [1.82, 2.24) is 10.3 Å². The van der Waals surface area contributed by atoms with Crippen LogP contribution in [0, 0.1) is 5.92 Å². The lowest BCUT2D eigenvalue weighted by Crippen LogP contribution is -2.38. The third-order valence-electron chi connectivity index (χ3n) is 3.71. The fourth-order valence-electron chi connectivity index (χ4n) is 2.25. The van der Waals surface area contributed by atoms with Gasteiger partial charge in [0.15, 0.2) is 0 Å². The van der Waals surface area contributed by atoms with Crippen molar-refractivity contribution in [3.63, 3.8) is 0 Å². The molecule has 5 nitrogen and oxygen atoms in total. The monoisotopic (exact) mass is 297 g/mol. The molecule has 1 atom stereocenters. The predicted molar refractivity (Wildman–Crippen MR) is 83.8 cm³/mol. The van der Waals surface area contributed by atoms with Gasteiger partial charge in [-0.15, -0.1) is 0 Å². The molecule has 0 radical (unpaired) electrons. The van der Waals surface area contributed by atoms with E-state index in [1.165, 1.54) is 12.8 Å². The summed E-state index contributed by atoms with van der Waals surface area (Å²) in [6, 6.07) is 10.7. The third kappa shape index (κ3) is 3.83. The molecule has 1 aliphatic carbocycles. The van der Waals surface area contributed by atoms with E-state index in [-0.39, 0.29) is 11.9 Å². The molecule has 1 unspecified atom stereocenters. The molecule has 1 saturated carbocycles. The molecular formula is C17H19N3O2. The number of benzene rings is 1. The van der Waals surface area contributed by atoms with Crippen molar-refractivity contribution in [2.24, 2.45) is 11.7 Å². The summed E-state index contributed by atoms with van der Waals surface area (Å²) >= 11 is 0. The number of carbonyl (C=O) groups is 1. The number of carbonyl (C=O) groups excluding carboxylic acids is 1. The average Bonchev–Trinajstić information content (AvgIpc) is 3.38. The van der Waals surface area contributed by atoms with E-state index in [1.807, 2.05) is 6.07 Å². The van der Waals surface area contributed by atoms with Gasteiger partial charge < -0.3 is 15.8 Å². The van der Waals surface area contributed by atoms with Gasteiger partial charge in [-0.05, 0) is 49.1 Å². The Hall–Kier alpha value is -2.40. The molecule has 1 amide bonds. The maximum absolute atomic E-state index is 12.2. The number of pyridine rings is 1. The maximum atomic E-state index is 12.2. The van der Waals surface area contributed by atoms with Crippen LogP contribution in [0.1, 0.15) is 23.2 Å². The number of nitrogens with two attached hydrogens (primary N) is 1.